The van der Waals surface area contributed by atoms with E-state index in [9.17, 15) is 14.0 Å². The van der Waals surface area contributed by atoms with Crippen LogP contribution in [0.4, 0.5) is 4.39 Å². The molecule has 0 bridgehead atoms. The molecule has 0 atom stereocenters. The number of aromatic carboxylic acids is 1. The van der Waals surface area contributed by atoms with E-state index in [1.54, 1.807) is 25.3 Å². The molecule has 0 unspecified atom stereocenters. The molecule has 0 amide bonds. The van der Waals surface area contributed by atoms with E-state index in [2.05, 4.69) is 0 Å². The van der Waals surface area contributed by atoms with Crippen molar-refractivity contribution >= 4 is 5.97 Å². The molecule has 0 saturated heterocycles. The Morgan fingerprint density at radius 1 is 1.37 bits per heavy atom. The number of pyridine rings is 1. The fourth-order valence-electron chi connectivity index (χ4n) is 1.81. The Kier molecular flexibility index (Phi) is 3.46. The number of carbonyl (C=O) groups is 1. The number of hydrogen-bond donors (Lipinski definition) is 1. The van der Waals surface area contributed by atoms with Crippen LogP contribution in [-0.4, -0.2) is 15.6 Å². The molecule has 1 aromatic carbocycles. The third-order valence-corrected chi connectivity index (χ3v) is 2.82. The Hall–Kier alpha value is -2.43. The molecule has 0 aliphatic rings. The first-order valence-electron chi connectivity index (χ1n) is 5.67. The average molecular weight is 261 g/mol. The van der Waals surface area contributed by atoms with E-state index in [-0.39, 0.29) is 12.1 Å². The number of carboxylic acids is 1. The minimum Gasteiger partial charge on any atom is -0.478 e. The Labute approximate surface area is 108 Å². The van der Waals surface area contributed by atoms with E-state index in [0.717, 1.165) is 6.07 Å². The van der Waals surface area contributed by atoms with Gasteiger partial charge >= 0.3 is 5.97 Å². The van der Waals surface area contributed by atoms with E-state index in [1.165, 1.54) is 16.7 Å². The van der Waals surface area contributed by atoms with Crippen LogP contribution in [0.5, 0.6) is 0 Å². The van der Waals surface area contributed by atoms with Gasteiger partial charge in [-0.15, -0.1) is 0 Å². The summed E-state index contributed by atoms with van der Waals surface area (Å²) in [6.45, 7) is 1.91. The van der Waals surface area contributed by atoms with Crippen LogP contribution in [-0.2, 0) is 6.54 Å². The van der Waals surface area contributed by atoms with Gasteiger partial charge in [0, 0.05) is 11.8 Å². The molecule has 0 saturated carbocycles. The standard InChI is InChI=1S/C14H12FNO3/c1-9-3-2-6-16(13(9)17)8-10-4-5-12(15)11(7-10)14(18)19/h2-7H,8H2,1H3,(H,18,19). The summed E-state index contributed by atoms with van der Waals surface area (Å²) in [6, 6.07) is 7.24. The Balaban J connectivity index is 2.39. The van der Waals surface area contributed by atoms with Gasteiger partial charge in [-0.25, -0.2) is 9.18 Å². The summed E-state index contributed by atoms with van der Waals surface area (Å²) >= 11 is 0. The zero-order valence-corrected chi connectivity index (χ0v) is 10.3. The molecule has 4 nitrogen and oxygen atoms in total. The summed E-state index contributed by atoms with van der Waals surface area (Å²) in [6.07, 6.45) is 1.61. The minimum atomic E-state index is -1.32. The number of aromatic nitrogens is 1. The van der Waals surface area contributed by atoms with Crippen molar-refractivity contribution in [1.82, 2.24) is 4.57 Å². The quantitative estimate of drug-likeness (QED) is 0.919. The Morgan fingerprint density at radius 2 is 2.11 bits per heavy atom. The maximum atomic E-state index is 13.3. The highest BCUT2D eigenvalue weighted by Crippen LogP contribution is 2.11. The summed E-state index contributed by atoms with van der Waals surface area (Å²) in [4.78, 5) is 22.7. The molecule has 1 N–H and O–H groups in total. The molecular weight excluding hydrogens is 249 g/mol. The van der Waals surface area contributed by atoms with Crippen molar-refractivity contribution in [3.8, 4) is 0 Å². The molecule has 5 heteroatoms. The fraction of sp³-hybridized carbons (Fsp3) is 0.143. The van der Waals surface area contributed by atoms with Crippen LogP contribution in [0.1, 0.15) is 21.5 Å². The molecule has 2 aromatic rings. The van der Waals surface area contributed by atoms with Gasteiger partial charge in [0.1, 0.15) is 5.82 Å². The van der Waals surface area contributed by atoms with Gasteiger partial charge in [-0.2, -0.15) is 0 Å². The predicted octanol–water partition coefficient (Wildman–Crippen LogP) is 2.04. The maximum Gasteiger partial charge on any atom is 0.338 e. The summed E-state index contributed by atoms with van der Waals surface area (Å²) in [5.41, 5.74) is 0.622. The van der Waals surface area contributed by atoms with Gasteiger partial charge in [-0.1, -0.05) is 12.1 Å². The number of halogens is 1. The van der Waals surface area contributed by atoms with Crippen LogP contribution < -0.4 is 5.56 Å². The lowest BCUT2D eigenvalue weighted by Gasteiger charge is -2.07. The van der Waals surface area contributed by atoms with Gasteiger partial charge < -0.3 is 9.67 Å². The highest BCUT2D eigenvalue weighted by molar-refractivity contribution is 5.88. The van der Waals surface area contributed by atoms with Crippen molar-refractivity contribution < 1.29 is 14.3 Å². The number of hydrogen-bond acceptors (Lipinski definition) is 2. The summed E-state index contributed by atoms with van der Waals surface area (Å²) in [7, 11) is 0. The van der Waals surface area contributed by atoms with E-state index in [0.29, 0.717) is 11.1 Å². The molecule has 0 radical (unpaired) electrons. The molecule has 0 aliphatic heterocycles. The average Bonchev–Trinajstić information content (AvgIpc) is 2.37. The molecule has 2 rings (SSSR count). The van der Waals surface area contributed by atoms with Crippen LogP contribution in [0.15, 0.2) is 41.3 Å². The van der Waals surface area contributed by atoms with Crippen LogP contribution in [0.3, 0.4) is 0 Å². The fourth-order valence-corrected chi connectivity index (χ4v) is 1.81. The van der Waals surface area contributed by atoms with Gasteiger partial charge in [-0.05, 0) is 30.7 Å². The largest absolute Gasteiger partial charge is 0.478 e. The normalized spacial score (nSPS) is 10.4. The first kappa shape index (κ1) is 13.0. The predicted molar refractivity (Wildman–Crippen MR) is 67.9 cm³/mol. The van der Waals surface area contributed by atoms with E-state index in [4.69, 9.17) is 5.11 Å². The molecule has 0 aliphatic carbocycles. The molecule has 98 valence electrons. The van der Waals surface area contributed by atoms with Crippen LogP contribution in [0.25, 0.3) is 0 Å². The van der Waals surface area contributed by atoms with Crippen molar-refractivity contribution in [2.75, 3.05) is 0 Å². The molecule has 1 aromatic heterocycles. The Morgan fingerprint density at radius 3 is 2.79 bits per heavy atom. The van der Waals surface area contributed by atoms with Crippen molar-refractivity contribution in [1.29, 1.82) is 0 Å². The minimum absolute atomic E-state index is 0.149. The molecular formula is C14H12FNO3. The third kappa shape index (κ3) is 2.70. The van der Waals surface area contributed by atoms with Crippen molar-refractivity contribution in [2.24, 2.45) is 0 Å². The second-order valence-electron chi connectivity index (χ2n) is 4.24. The maximum absolute atomic E-state index is 13.3. The molecule has 19 heavy (non-hydrogen) atoms. The van der Waals surface area contributed by atoms with Crippen molar-refractivity contribution in [3.05, 3.63) is 69.4 Å². The first-order valence-corrected chi connectivity index (χ1v) is 5.67. The van der Waals surface area contributed by atoms with Gasteiger partial charge in [-0.3, -0.25) is 4.79 Å². The van der Waals surface area contributed by atoms with Crippen LogP contribution in [0.2, 0.25) is 0 Å². The smallest absolute Gasteiger partial charge is 0.338 e. The highest BCUT2D eigenvalue weighted by atomic mass is 19.1. The van der Waals surface area contributed by atoms with Crippen molar-refractivity contribution in [2.45, 2.75) is 13.5 Å². The lowest BCUT2D eigenvalue weighted by Crippen LogP contribution is -2.21. The SMILES string of the molecule is Cc1cccn(Cc2ccc(F)c(C(=O)O)c2)c1=O. The highest BCUT2D eigenvalue weighted by Gasteiger charge is 2.11. The molecule has 0 fully saturated rings. The second kappa shape index (κ2) is 5.06. The van der Waals surface area contributed by atoms with E-state index < -0.39 is 17.3 Å². The monoisotopic (exact) mass is 261 g/mol. The lowest BCUT2D eigenvalue weighted by molar-refractivity contribution is 0.0691. The van der Waals surface area contributed by atoms with Crippen LogP contribution >= 0.6 is 0 Å². The summed E-state index contributed by atoms with van der Waals surface area (Å²) in [5, 5.41) is 8.85. The van der Waals surface area contributed by atoms with Gasteiger partial charge in [0.05, 0.1) is 12.1 Å². The van der Waals surface area contributed by atoms with E-state index in [1.807, 2.05) is 0 Å². The second-order valence-corrected chi connectivity index (χ2v) is 4.24. The topological polar surface area (TPSA) is 59.3 Å². The van der Waals surface area contributed by atoms with Crippen molar-refractivity contribution in [3.63, 3.8) is 0 Å². The summed E-state index contributed by atoms with van der Waals surface area (Å²) in [5.74, 6) is -2.11. The zero-order valence-electron chi connectivity index (χ0n) is 10.3. The number of aryl methyl sites for hydroxylation is 1. The third-order valence-electron chi connectivity index (χ3n) is 2.82. The van der Waals surface area contributed by atoms with Gasteiger partial charge in [0.2, 0.25) is 0 Å². The molecule has 1 heterocycles. The zero-order chi connectivity index (χ0) is 14.0. The van der Waals surface area contributed by atoms with Crippen LogP contribution in [0, 0.1) is 12.7 Å². The lowest BCUT2D eigenvalue weighted by atomic mass is 10.1. The number of nitrogens with zero attached hydrogens (tertiary/aromatic N) is 1. The number of carboxylic acid groups (broad SMARTS) is 1. The van der Waals surface area contributed by atoms with Gasteiger partial charge in [0.25, 0.3) is 5.56 Å². The molecule has 0 spiro atoms. The van der Waals surface area contributed by atoms with E-state index >= 15 is 0 Å². The van der Waals surface area contributed by atoms with Gasteiger partial charge in [0.15, 0.2) is 0 Å². The number of benzene rings is 1. The Bertz CT molecular complexity index is 691. The first-order chi connectivity index (χ1) is 8.99. The number of rotatable bonds is 3. The summed E-state index contributed by atoms with van der Waals surface area (Å²) < 4.78 is 14.7.